The zero-order chi connectivity index (χ0) is 13.0. The summed E-state index contributed by atoms with van der Waals surface area (Å²) in [7, 11) is 0. The average molecular weight is 243 g/mol. The zero-order valence-electron chi connectivity index (χ0n) is 9.04. The molecule has 0 saturated heterocycles. The fraction of sp³-hybridized carbons (Fsp3) is 0.273. The van der Waals surface area contributed by atoms with Crippen molar-refractivity contribution in [1.82, 2.24) is 5.32 Å². The number of amides is 1. The van der Waals surface area contributed by atoms with Crippen LogP contribution in [0.3, 0.4) is 0 Å². The first-order chi connectivity index (χ1) is 7.93. The Hall–Kier alpha value is -1.98. The molecule has 0 aliphatic carbocycles. The third kappa shape index (κ3) is 3.24. The molecule has 0 aliphatic heterocycles. The number of carboxylic acids is 1. The molecule has 4 nitrogen and oxygen atoms in total. The summed E-state index contributed by atoms with van der Waals surface area (Å²) in [5.41, 5.74) is -0.704. The van der Waals surface area contributed by atoms with Crippen molar-refractivity contribution in [3.8, 4) is 0 Å². The molecule has 17 heavy (non-hydrogen) atoms. The highest BCUT2D eigenvalue weighted by Crippen LogP contribution is 2.11. The van der Waals surface area contributed by atoms with Crippen molar-refractivity contribution in [1.29, 1.82) is 0 Å². The van der Waals surface area contributed by atoms with E-state index in [1.54, 1.807) is 0 Å². The van der Waals surface area contributed by atoms with Gasteiger partial charge in [-0.15, -0.1) is 0 Å². The quantitative estimate of drug-likeness (QED) is 0.840. The number of hydrogen-bond acceptors (Lipinski definition) is 2. The largest absolute Gasteiger partial charge is 0.481 e. The van der Waals surface area contributed by atoms with Crippen LogP contribution in [0.25, 0.3) is 0 Å². The molecule has 1 amide bonds. The van der Waals surface area contributed by atoms with Gasteiger partial charge in [0, 0.05) is 6.54 Å². The molecule has 1 aromatic carbocycles. The average Bonchev–Trinajstić information content (AvgIpc) is 2.25. The van der Waals surface area contributed by atoms with Gasteiger partial charge in [-0.3, -0.25) is 9.59 Å². The molecule has 0 fully saturated rings. The number of carboxylic acid groups (broad SMARTS) is 1. The normalized spacial score (nSPS) is 11.9. The lowest BCUT2D eigenvalue weighted by Crippen LogP contribution is -2.32. The first-order valence-electron chi connectivity index (χ1n) is 4.88. The summed E-state index contributed by atoms with van der Waals surface area (Å²) in [6.45, 7) is 1.18. The minimum Gasteiger partial charge on any atom is -0.481 e. The number of carbonyl (C=O) groups excluding carboxylic acids is 1. The van der Waals surface area contributed by atoms with Gasteiger partial charge in [-0.05, 0) is 12.1 Å². The maximum absolute atomic E-state index is 13.2. The van der Waals surface area contributed by atoms with Gasteiger partial charge < -0.3 is 10.4 Å². The highest BCUT2D eigenvalue weighted by atomic mass is 19.1. The van der Waals surface area contributed by atoms with Gasteiger partial charge in [-0.1, -0.05) is 13.0 Å². The minimum atomic E-state index is -1.10. The number of halogens is 2. The molecule has 92 valence electrons. The van der Waals surface area contributed by atoms with E-state index in [4.69, 9.17) is 5.11 Å². The lowest BCUT2D eigenvalue weighted by molar-refractivity contribution is -0.140. The Labute approximate surface area is 96.3 Å². The standard InChI is InChI=1S/C11H11F2NO3/c1-6(11(16)17)5-14-10(15)9-7(12)3-2-4-8(9)13/h2-4,6H,5H2,1H3,(H,14,15)(H,16,17). The first kappa shape index (κ1) is 13.1. The van der Waals surface area contributed by atoms with Crippen molar-refractivity contribution in [3.05, 3.63) is 35.4 Å². The van der Waals surface area contributed by atoms with E-state index in [2.05, 4.69) is 5.32 Å². The molecular weight excluding hydrogens is 232 g/mol. The summed E-state index contributed by atoms with van der Waals surface area (Å²) in [6.07, 6.45) is 0. The van der Waals surface area contributed by atoms with E-state index >= 15 is 0 Å². The zero-order valence-corrected chi connectivity index (χ0v) is 9.04. The Morgan fingerprint density at radius 1 is 1.35 bits per heavy atom. The summed E-state index contributed by atoms with van der Waals surface area (Å²) in [6, 6.07) is 3.05. The number of nitrogens with one attached hydrogen (secondary N) is 1. The minimum absolute atomic E-state index is 0.193. The van der Waals surface area contributed by atoms with Gasteiger partial charge in [0.2, 0.25) is 0 Å². The Balaban J connectivity index is 2.74. The molecule has 0 saturated carbocycles. The van der Waals surface area contributed by atoms with Crippen molar-refractivity contribution in [2.24, 2.45) is 5.92 Å². The number of hydrogen-bond donors (Lipinski definition) is 2. The Morgan fingerprint density at radius 2 is 1.88 bits per heavy atom. The molecule has 0 aliphatic rings. The predicted molar refractivity (Wildman–Crippen MR) is 55.5 cm³/mol. The van der Waals surface area contributed by atoms with Gasteiger partial charge in [-0.25, -0.2) is 8.78 Å². The lowest BCUT2D eigenvalue weighted by Gasteiger charge is -2.09. The number of aliphatic carboxylic acids is 1. The van der Waals surface area contributed by atoms with Crippen molar-refractivity contribution < 1.29 is 23.5 Å². The van der Waals surface area contributed by atoms with E-state index in [0.717, 1.165) is 18.2 Å². The van der Waals surface area contributed by atoms with Crippen molar-refractivity contribution in [3.63, 3.8) is 0 Å². The molecule has 0 bridgehead atoms. The second kappa shape index (κ2) is 5.38. The molecule has 0 radical (unpaired) electrons. The van der Waals surface area contributed by atoms with Gasteiger partial charge in [0.1, 0.15) is 17.2 Å². The Morgan fingerprint density at radius 3 is 2.35 bits per heavy atom. The van der Waals surface area contributed by atoms with Crippen LogP contribution < -0.4 is 5.32 Å². The maximum atomic E-state index is 13.2. The molecule has 1 rings (SSSR count). The van der Waals surface area contributed by atoms with Crippen LogP contribution in [-0.2, 0) is 4.79 Å². The van der Waals surface area contributed by atoms with Gasteiger partial charge >= 0.3 is 5.97 Å². The molecule has 2 N–H and O–H groups in total. The summed E-state index contributed by atoms with van der Waals surface area (Å²) in [4.78, 5) is 21.9. The molecule has 6 heteroatoms. The fourth-order valence-corrected chi connectivity index (χ4v) is 1.14. The summed E-state index contributed by atoms with van der Waals surface area (Å²) >= 11 is 0. The van der Waals surface area contributed by atoms with Crippen molar-refractivity contribution in [2.45, 2.75) is 6.92 Å². The van der Waals surface area contributed by atoms with Gasteiger partial charge in [-0.2, -0.15) is 0 Å². The number of benzene rings is 1. The molecular formula is C11H11F2NO3. The second-order valence-electron chi connectivity index (χ2n) is 3.55. The molecule has 0 aromatic heterocycles. The van der Waals surface area contributed by atoms with Crippen molar-refractivity contribution in [2.75, 3.05) is 6.54 Å². The molecule has 0 heterocycles. The van der Waals surface area contributed by atoms with Crippen LogP contribution in [0.5, 0.6) is 0 Å². The first-order valence-corrected chi connectivity index (χ1v) is 4.88. The third-order valence-corrected chi connectivity index (χ3v) is 2.18. The topological polar surface area (TPSA) is 66.4 Å². The van der Waals surface area contributed by atoms with Crippen LogP contribution in [0.1, 0.15) is 17.3 Å². The van der Waals surface area contributed by atoms with Crippen LogP contribution in [0, 0.1) is 17.6 Å². The van der Waals surface area contributed by atoms with Gasteiger partial charge in [0.15, 0.2) is 0 Å². The van der Waals surface area contributed by atoms with Crippen LogP contribution >= 0.6 is 0 Å². The second-order valence-corrected chi connectivity index (χ2v) is 3.55. The lowest BCUT2D eigenvalue weighted by atomic mass is 10.1. The predicted octanol–water partition coefficient (Wildman–Crippen LogP) is 1.42. The summed E-state index contributed by atoms with van der Waals surface area (Å²) in [5.74, 6) is -4.85. The smallest absolute Gasteiger partial charge is 0.308 e. The van der Waals surface area contributed by atoms with Crippen LogP contribution in [0.4, 0.5) is 8.78 Å². The van der Waals surface area contributed by atoms with E-state index in [0.29, 0.717) is 0 Å². The SMILES string of the molecule is CC(CNC(=O)c1c(F)cccc1F)C(=O)O. The molecule has 0 spiro atoms. The Kier molecular flexibility index (Phi) is 4.14. The number of rotatable bonds is 4. The summed E-state index contributed by atoms with van der Waals surface area (Å²) in [5, 5.41) is 10.7. The maximum Gasteiger partial charge on any atom is 0.308 e. The fourth-order valence-electron chi connectivity index (χ4n) is 1.14. The van der Waals surface area contributed by atoms with Gasteiger partial charge in [0.25, 0.3) is 5.91 Å². The summed E-state index contributed by atoms with van der Waals surface area (Å²) < 4.78 is 26.3. The van der Waals surface area contributed by atoms with E-state index in [1.165, 1.54) is 6.92 Å². The van der Waals surface area contributed by atoms with Crippen molar-refractivity contribution >= 4 is 11.9 Å². The Bertz CT molecular complexity index is 428. The molecule has 1 unspecified atom stereocenters. The van der Waals surface area contributed by atoms with Crippen LogP contribution in [-0.4, -0.2) is 23.5 Å². The van der Waals surface area contributed by atoms with E-state index in [1.807, 2.05) is 0 Å². The van der Waals surface area contributed by atoms with Gasteiger partial charge in [0.05, 0.1) is 5.92 Å². The monoisotopic (exact) mass is 243 g/mol. The van der Waals surface area contributed by atoms with E-state index in [9.17, 15) is 18.4 Å². The third-order valence-electron chi connectivity index (χ3n) is 2.18. The molecule has 1 aromatic rings. The molecule has 1 atom stereocenters. The van der Waals surface area contributed by atoms with E-state index in [-0.39, 0.29) is 6.54 Å². The number of carbonyl (C=O) groups is 2. The van der Waals surface area contributed by atoms with Crippen LogP contribution in [0.2, 0.25) is 0 Å². The highest BCUT2D eigenvalue weighted by Gasteiger charge is 2.18. The highest BCUT2D eigenvalue weighted by molar-refractivity contribution is 5.94. The van der Waals surface area contributed by atoms with Crippen LogP contribution in [0.15, 0.2) is 18.2 Å². The van der Waals surface area contributed by atoms with E-state index < -0.39 is 35.0 Å².